The standard InChI is InChI=1S/C17H16ClN3O2S/c1-9-5-15-13(7-14(9)18)11(6-16(22)23-15)8-24-17-20-19-10(2)21(17)12-3-4-12/h5-7,12H,3-4,8H2,1-2H3. The first-order valence-electron chi connectivity index (χ1n) is 7.80. The summed E-state index contributed by atoms with van der Waals surface area (Å²) in [6, 6.07) is 5.73. The third-order valence-corrected chi connectivity index (χ3v) is 5.61. The Balaban J connectivity index is 1.70. The minimum Gasteiger partial charge on any atom is -0.423 e. The fourth-order valence-electron chi connectivity index (χ4n) is 2.81. The van der Waals surface area contributed by atoms with Gasteiger partial charge in [0.15, 0.2) is 5.16 Å². The van der Waals surface area contributed by atoms with Gasteiger partial charge in [0.2, 0.25) is 0 Å². The van der Waals surface area contributed by atoms with E-state index in [1.807, 2.05) is 26.0 Å². The fourth-order valence-corrected chi connectivity index (χ4v) is 4.02. The summed E-state index contributed by atoms with van der Waals surface area (Å²) in [7, 11) is 0. The third kappa shape index (κ3) is 2.84. The number of rotatable bonds is 4. The van der Waals surface area contributed by atoms with Crippen molar-refractivity contribution in [3.05, 3.63) is 50.6 Å². The van der Waals surface area contributed by atoms with Crippen LogP contribution >= 0.6 is 23.4 Å². The van der Waals surface area contributed by atoms with Gasteiger partial charge in [-0.05, 0) is 49.9 Å². The number of nitrogens with zero attached hydrogens (tertiary/aromatic N) is 3. The smallest absolute Gasteiger partial charge is 0.336 e. The topological polar surface area (TPSA) is 60.9 Å². The summed E-state index contributed by atoms with van der Waals surface area (Å²) in [4.78, 5) is 11.9. The molecule has 7 heteroatoms. The van der Waals surface area contributed by atoms with Gasteiger partial charge in [-0.15, -0.1) is 10.2 Å². The van der Waals surface area contributed by atoms with E-state index in [-0.39, 0.29) is 5.63 Å². The molecule has 1 fully saturated rings. The van der Waals surface area contributed by atoms with Crippen molar-refractivity contribution in [2.75, 3.05) is 0 Å². The van der Waals surface area contributed by atoms with Crippen LogP contribution in [0.5, 0.6) is 0 Å². The zero-order chi connectivity index (χ0) is 16.8. The molecule has 0 aliphatic heterocycles. The number of fused-ring (bicyclic) bond motifs is 1. The molecule has 124 valence electrons. The Morgan fingerprint density at radius 2 is 2.08 bits per heavy atom. The zero-order valence-electron chi connectivity index (χ0n) is 13.4. The first kappa shape index (κ1) is 15.7. The fraction of sp³-hybridized carbons (Fsp3) is 0.353. The Morgan fingerprint density at radius 1 is 1.29 bits per heavy atom. The molecule has 0 amide bonds. The number of benzene rings is 1. The lowest BCUT2D eigenvalue weighted by Crippen LogP contribution is -2.02. The molecule has 2 aromatic heterocycles. The average molecular weight is 362 g/mol. The van der Waals surface area contributed by atoms with Gasteiger partial charge in [0.1, 0.15) is 11.4 Å². The van der Waals surface area contributed by atoms with Crippen LogP contribution in [0.15, 0.2) is 32.6 Å². The molecule has 3 aromatic rings. The molecule has 0 unspecified atom stereocenters. The van der Waals surface area contributed by atoms with Gasteiger partial charge < -0.3 is 8.98 Å². The molecular weight excluding hydrogens is 346 g/mol. The molecule has 0 atom stereocenters. The maximum Gasteiger partial charge on any atom is 0.336 e. The van der Waals surface area contributed by atoms with Crippen LogP contribution < -0.4 is 5.63 Å². The molecule has 0 spiro atoms. The van der Waals surface area contributed by atoms with E-state index in [2.05, 4.69) is 14.8 Å². The molecule has 1 aliphatic carbocycles. The second-order valence-corrected chi connectivity index (χ2v) is 7.46. The van der Waals surface area contributed by atoms with E-state index in [0.717, 1.165) is 27.5 Å². The SMILES string of the molecule is Cc1cc2oc(=O)cc(CSc3nnc(C)n3C3CC3)c2cc1Cl. The van der Waals surface area contributed by atoms with Gasteiger partial charge in [0.25, 0.3) is 0 Å². The Kier molecular flexibility index (Phi) is 3.89. The highest BCUT2D eigenvalue weighted by Crippen LogP contribution is 2.39. The van der Waals surface area contributed by atoms with Crippen LogP contribution in [0.1, 0.15) is 35.8 Å². The van der Waals surface area contributed by atoms with Crippen molar-refractivity contribution in [2.24, 2.45) is 0 Å². The Bertz CT molecular complexity index is 991. The summed E-state index contributed by atoms with van der Waals surface area (Å²) in [5.74, 6) is 1.56. The van der Waals surface area contributed by atoms with Gasteiger partial charge in [-0.25, -0.2) is 4.79 Å². The quantitative estimate of drug-likeness (QED) is 0.512. The van der Waals surface area contributed by atoms with Crippen molar-refractivity contribution in [1.29, 1.82) is 0 Å². The van der Waals surface area contributed by atoms with Gasteiger partial charge in [0, 0.05) is 28.3 Å². The summed E-state index contributed by atoms with van der Waals surface area (Å²) >= 11 is 7.83. The maximum atomic E-state index is 11.9. The van der Waals surface area contributed by atoms with E-state index >= 15 is 0 Å². The Labute approximate surface area is 148 Å². The molecule has 0 bridgehead atoms. The number of aromatic nitrogens is 3. The molecule has 1 aromatic carbocycles. The molecule has 1 saturated carbocycles. The molecule has 2 heterocycles. The molecule has 0 saturated heterocycles. The van der Waals surface area contributed by atoms with Gasteiger partial charge in [-0.1, -0.05) is 23.4 Å². The lowest BCUT2D eigenvalue weighted by molar-refractivity contribution is 0.559. The van der Waals surface area contributed by atoms with Crippen molar-refractivity contribution >= 4 is 34.3 Å². The predicted molar refractivity (Wildman–Crippen MR) is 94.8 cm³/mol. The first-order chi connectivity index (χ1) is 11.5. The van der Waals surface area contributed by atoms with Gasteiger partial charge in [-0.3, -0.25) is 0 Å². The van der Waals surface area contributed by atoms with Gasteiger partial charge in [0.05, 0.1) is 0 Å². The van der Waals surface area contributed by atoms with Crippen LogP contribution in [-0.2, 0) is 5.75 Å². The first-order valence-corrected chi connectivity index (χ1v) is 9.16. The van der Waals surface area contributed by atoms with Crippen molar-refractivity contribution in [2.45, 2.75) is 43.6 Å². The van der Waals surface area contributed by atoms with Crippen LogP contribution in [0, 0.1) is 13.8 Å². The molecular formula is C17H16ClN3O2S. The largest absolute Gasteiger partial charge is 0.423 e. The molecule has 4 rings (SSSR count). The predicted octanol–water partition coefficient (Wildman–Crippen LogP) is 4.28. The highest BCUT2D eigenvalue weighted by atomic mass is 35.5. The lowest BCUT2D eigenvalue weighted by atomic mass is 10.1. The molecule has 24 heavy (non-hydrogen) atoms. The van der Waals surface area contributed by atoms with Crippen LogP contribution in [0.25, 0.3) is 11.0 Å². The van der Waals surface area contributed by atoms with E-state index < -0.39 is 0 Å². The van der Waals surface area contributed by atoms with E-state index in [1.54, 1.807) is 11.8 Å². The van der Waals surface area contributed by atoms with Gasteiger partial charge in [-0.2, -0.15) is 0 Å². The van der Waals surface area contributed by atoms with Crippen molar-refractivity contribution in [1.82, 2.24) is 14.8 Å². The minimum atomic E-state index is -0.348. The van der Waals surface area contributed by atoms with Crippen LogP contribution in [0.4, 0.5) is 0 Å². The van der Waals surface area contributed by atoms with Crippen molar-refractivity contribution in [3.63, 3.8) is 0 Å². The summed E-state index contributed by atoms with van der Waals surface area (Å²) in [6.45, 7) is 3.87. The highest BCUT2D eigenvalue weighted by Gasteiger charge is 2.28. The third-order valence-electron chi connectivity index (χ3n) is 4.21. The van der Waals surface area contributed by atoms with Crippen LogP contribution in [0.2, 0.25) is 5.02 Å². The number of hydrogen-bond acceptors (Lipinski definition) is 5. The number of thioether (sulfide) groups is 1. The Morgan fingerprint density at radius 3 is 2.83 bits per heavy atom. The summed E-state index contributed by atoms with van der Waals surface area (Å²) in [5.41, 5.74) is 2.01. The second-order valence-electron chi connectivity index (χ2n) is 6.11. The summed E-state index contributed by atoms with van der Waals surface area (Å²) < 4.78 is 7.50. The monoisotopic (exact) mass is 361 g/mol. The van der Waals surface area contributed by atoms with E-state index in [4.69, 9.17) is 16.0 Å². The van der Waals surface area contributed by atoms with Crippen LogP contribution in [0.3, 0.4) is 0 Å². The van der Waals surface area contributed by atoms with Crippen molar-refractivity contribution in [3.8, 4) is 0 Å². The zero-order valence-corrected chi connectivity index (χ0v) is 14.9. The normalized spacial score (nSPS) is 14.5. The van der Waals surface area contributed by atoms with E-state index in [9.17, 15) is 4.79 Å². The Hall–Kier alpha value is -1.79. The highest BCUT2D eigenvalue weighted by molar-refractivity contribution is 7.98. The number of halogens is 1. The number of hydrogen-bond donors (Lipinski definition) is 0. The summed E-state index contributed by atoms with van der Waals surface area (Å²) in [5, 5.41) is 10.9. The van der Waals surface area contributed by atoms with Crippen LogP contribution in [-0.4, -0.2) is 14.8 Å². The molecule has 0 N–H and O–H groups in total. The average Bonchev–Trinajstić information content (AvgIpc) is 3.30. The minimum absolute atomic E-state index is 0.348. The summed E-state index contributed by atoms with van der Waals surface area (Å²) in [6.07, 6.45) is 2.36. The molecule has 1 aliphatic rings. The maximum absolute atomic E-state index is 11.9. The van der Waals surface area contributed by atoms with E-state index in [0.29, 0.717) is 22.4 Å². The lowest BCUT2D eigenvalue weighted by Gasteiger charge is -2.08. The van der Waals surface area contributed by atoms with Gasteiger partial charge >= 0.3 is 5.63 Å². The van der Waals surface area contributed by atoms with E-state index in [1.165, 1.54) is 18.9 Å². The molecule has 0 radical (unpaired) electrons. The molecule has 5 nitrogen and oxygen atoms in total. The second kappa shape index (κ2) is 5.93. The number of aryl methyl sites for hydroxylation is 2. The van der Waals surface area contributed by atoms with Crippen molar-refractivity contribution < 1.29 is 4.42 Å².